The molecule has 1 aliphatic rings. The van der Waals surface area contributed by atoms with Crippen molar-refractivity contribution in [2.75, 3.05) is 13.2 Å². The van der Waals surface area contributed by atoms with Crippen molar-refractivity contribution in [3.63, 3.8) is 0 Å². The molecule has 1 saturated heterocycles. The molecule has 0 radical (unpaired) electrons. The Morgan fingerprint density at radius 2 is 1.79 bits per heavy atom. The van der Waals surface area contributed by atoms with Crippen LogP contribution in [0.5, 0.6) is 0 Å². The van der Waals surface area contributed by atoms with Gasteiger partial charge in [0.1, 0.15) is 11.5 Å². The van der Waals surface area contributed by atoms with Crippen LogP contribution >= 0.6 is 0 Å². The van der Waals surface area contributed by atoms with Gasteiger partial charge in [-0.2, -0.15) is 5.26 Å². The van der Waals surface area contributed by atoms with Crippen molar-refractivity contribution in [2.45, 2.75) is 45.7 Å². The van der Waals surface area contributed by atoms with Crippen LogP contribution in [0.15, 0.2) is 0 Å². The van der Waals surface area contributed by atoms with Gasteiger partial charge in [0.15, 0.2) is 0 Å². The molecule has 19 heavy (non-hydrogen) atoms. The normalized spacial score (nSPS) is 19.3. The zero-order chi connectivity index (χ0) is 14.5. The van der Waals surface area contributed by atoms with Gasteiger partial charge >= 0.3 is 0 Å². The predicted octanol–water partition coefficient (Wildman–Crippen LogP) is 0.336. The average Bonchev–Trinajstić information content (AvgIpc) is 2.38. The Hall–Kier alpha value is -1.61. The molecule has 0 spiro atoms. The Bertz CT molecular complexity index is 381. The smallest absolute Gasteiger partial charge is 0.242 e. The fourth-order valence-corrected chi connectivity index (χ4v) is 1.92. The maximum Gasteiger partial charge on any atom is 0.242 e. The number of nitriles is 1. The van der Waals surface area contributed by atoms with Gasteiger partial charge in [-0.25, -0.2) is 0 Å². The minimum atomic E-state index is -1.06. The lowest BCUT2D eigenvalue weighted by molar-refractivity contribution is -0.136. The largest absolute Gasteiger partial charge is 0.381 e. The maximum absolute atomic E-state index is 12.2. The molecule has 1 atom stereocenters. The molecule has 0 aromatic carbocycles. The molecule has 1 rings (SSSR count). The summed E-state index contributed by atoms with van der Waals surface area (Å²) in [5.41, 5.74) is -1.06. The SMILES string of the molecule is CC(C)NC(=O)C(C)NC(=O)C1(C#N)CCOCC1. The van der Waals surface area contributed by atoms with Crippen LogP contribution in [0.4, 0.5) is 0 Å². The van der Waals surface area contributed by atoms with E-state index in [4.69, 9.17) is 4.74 Å². The van der Waals surface area contributed by atoms with Gasteiger partial charge in [0.05, 0.1) is 6.07 Å². The van der Waals surface area contributed by atoms with Crippen molar-refractivity contribution in [2.24, 2.45) is 5.41 Å². The van der Waals surface area contributed by atoms with E-state index in [9.17, 15) is 14.9 Å². The Labute approximate surface area is 113 Å². The van der Waals surface area contributed by atoms with Crippen LogP contribution in [0.2, 0.25) is 0 Å². The van der Waals surface area contributed by atoms with E-state index in [-0.39, 0.29) is 17.9 Å². The van der Waals surface area contributed by atoms with Crippen LogP contribution < -0.4 is 10.6 Å². The molecule has 2 N–H and O–H groups in total. The Balaban J connectivity index is 2.62. The second-order valence-corrected chi connectivity index (χ2v) is 5.16. The molecule has 6 heteroatoms. The standard InChI is InChI=1S/C13H21N3O3/c1-9(2)15-11(17)10(3)16-12(18)13(8-14)4-6-19-7-5-13/h9-10H,4-7H2,1-3H3,(H,15,17)(H,16,18). The second-order valence-electron chi connectivity index (χ2n) is 5.16. The second kappa shape index (κ2) is 6.53. The van der Waals surface area contributed by atoms with Gasteiger partial charge in [0.2, 0.25) is 11.8 Å². The third-order valence-electron chi connectivity index (χ3n) is 3.17. The van der Waals surface area contributed by atoms with E-state index in [1.54, 1.807) is 6.92 Å². The zero-order valence-corrected chi connectivity index (χ0v) is 11.7. The first kappa shape index (κ1) is 15.4. The summed E-state index contributed by atoms with van der Waals surface area (Å²) in [5.74, 6) is -0.631. The summed E-state index contributed by atoms with van der Waals surface area (Å²) in [5, 5.41) is 14.6. The molecular formula is C13H21N3O3. The number of nitrogens with zero attached hydrogens (tertiary/aromatic N) is 1. The van der Waals surface area contributed by atoms with E-state index in [1.165, 1.54) is 0 Å². The van der Waals surface area contributed by atoms with E-state index in [0.29, 0.717) is 26.1 Å². The number of nitrogens with one attached hydrogen (secondary N) is 2. The number of ether oxygens (including phenoxy) is 1. The summed E-state index contributed by atoms with van der Waals surface area (Å²) < 4.78 is 5.17. The molecule has 0 aliphatic carbocycles. The van der Waals surface area contributed by atoms with Gasteiger partial charge in [-0.15, -0.1) is 0 Å². The molecule has 0 bridgehead atoms. The molecule has 1 heterocycles. The summed E-state index contributed by atoms with van der Waals surface area (Å²) in [6.45, 7) is 6.10. The van der Waals surface area contributed by atoms with Crippen LogP contribution in [0, 0.1) is 16.7 Å². The molecule has 0 saturated carbocycles. The number of amides is 2. The van der Waals surface area contributed by atoms with Crippen molar-refractivity contribution in [1.82, 2.24) is 10.6 Å². The first-order valence-corrected chi connectivity index (χ1v) is 6.51. The van der Waals surface area contributed by atoms with E-state index in [1.807, 2.05) is 13.8 Å². The van der Waals surface area contributed by atoms with Gasteiger partial charge in [0.25, 0.3) is 0 Å². The molecule has 6 nitrogen and oxygen atoms in total. The monoisotopic (exact) mass is 267 g/mol. The number of carbonyl (C=O) groups is 2. The fraction of sp³-hybridized carbons (Fsp3) is 0.769. The first-order chi connectivity index (χ1) is 8.91. The Morgan fingerprint density at radius 3 is 2.26 bits per heavy atom. The van der Waals surface area contributed by atoms with Gasteiger partial charge in [-0.1, -0.05) is 0 Å². The van der Waals surface area contributed by atoms with Gasteiger partial charge in [0, 0.05) is 19.3 Å². The van der Waals surface area contributed by atoms with E-state index < -0.39 is 11.5 Å². The Morgan fingerprint density at radius 1 is 1.21 bits per heavy atom. The van der Waals surface area contributed by atoms with Gasteiger partial charge in [-0.05, 0) is 33.6 Å². The Kier molecular flexibility index (Phi) is 5.31. The van der Waals surface area contributed by atoms with Gasteiger partial charge in [-0.3, -0.25) is 9.59 Å². The number of hydrogen-bond acceptors (Lipinski definition) is 4. The molecule has 0 aromatic rings. The summed E-state index contributed by atoms with van der Waals surface area (Å²) in [7, 11) is 0. The molecule has 1 unspecified atom stereocenters. The summed E-state index contributed by atoms with van der Waals surface area (Å²) in [6, 6.07) is 1.44. The highest BCUT2D eigenvalue weighted by molar-refractivity contribution is 5.91. The van der Waals surface area contributed by atoms with Crippen molar-refractivity contribution >= 4 is 11.8 Å². The lowest BCUT2D eigenvalue weighted by Gasteiger charge is -2.30. The summed E-state index contributed by atoms with van der Waals surface area (Å²) >= 11 is 0. The highest BCUT2D eigenvalue weighted by Crippen LogP contribution is 2.29. The van der Waals surface area contributed by atoms with E-state index >= 15 is 0 Å². The van der Waals surface area contributed by atoms with Crippen molar-refractivity contribution in [3.05, 3.63) is 0 Å². The topological polar surface area (TPSA) is 91.2 Å². The lowest BCUT2D eigenvalue weighted by Crippen LogP contribution is -2.52. The van der Waals surface area contributed by atoms with Crippen LogP contribution in [-0.4, -0.2) is 37.1 Å². The molecule has 0 aromatic heterocycles. The molecular weight excluding hydrogens is 246 g/mol. The number of carbonyl (C=O) groups excluding carboxylic acids is 2. The third-order valence-corrected chi connectivity index (χ3v) is 3.17. The molecule has 1 fully saturated rings. The van der Waals surface area contributed by atoms with Crippen LogP contribution in [0.25, 0.3) is 0 Å². The molecule has 2 amide bonds. The summed E-state index contributed by atoms with van der Waals surface area (Å²) in [6.07, 6.45) is 0.738. The molecule has 106 valence electrons. The van der Waals surface area contributed by atoms with Crippen LogP contribution in [0.3, 0.4) is 0 Å². The summed E-state index contributed by atoms with van der Waals surface area (Å²) in [4.78, 5) is 23.9. The minimum absolute atomic E-state index is 0.0138. The average molecular weight is 267 g/mol. The van der Waals surface area contributed by atoms with Crippen LogP contribution in [-0.2, 0) is 14.3 Å². The fourth-order valence-electron chi connectivity index (χ4n) is 1.92. The predicted molar refractivity (Wildman–Crippen MR) is 69.0 cm³/mol. The maximum atomic E-state index is 12.2. The quantitative estimate of drug-likeness (QED) is 0.768. The minimum Gasteiger partial charge on any atom is -0.381 e. The number of rotatable bonds is 4. The van der Waals surface area contributed by atoms with Crippen molar-refractivity contribution in [1.29, 1.82) is 5.26 Å². The zero-order valence-electron chi connectivity index (χ0n) is 11.7. The lowest BCUT2D eigenvalue weighted by atomic mass is 9.80. The number of hydrogen-bond donors (Lipinski definition) is 2. The molecule has 1 aliphatic heterocycles. The van der Waals surface area contributed by atoms with Crippen molar-refractivity contribution in [3.8, 4) is 6.07 Å². The van der Waals surface area contributed by atoms with Crippen molar-refractivity contribution < 1.29 is 14.3 Å². The highest BCUT2D eigenvalue weighted by atomic mass is 16.5. The highest BCUT2D eigenvalue weighted by Gasteiger charge is 2.41. The van der Waals surface area contributed by atoms with E-state index in [0.717, 1.165) is 0 Å². The first-order valence-electron chi connectivity index (χ1n) is 6.51. The van der Waals surface area contributed by atoms with Crippen LogP contribution in [0.1, 0.15) is 33.6 Å². The van der Waals surface area contributed by atoms with E-state index in [2.05, 4.69) is 16.7 Å². The van der Waals surface area contributed by atoms with Gasteiger partial charge < -0.3 is 15.4 Å². The third kappa shape index (κ3) is 3.93.